The number of benzene rings is 9. The van der Waals surface area contributed by atoms with E-state index in [9.17, 15) is 0 Å². The van der Waals surface area contributed by atoms with E-state index in [2.05, 4.69) is 212 Å². The van der Waals surface area contributed by atoms with Crippen LogP contribution in [0.25, 0.3) is 111 Å². The van der Waals surface area contributed by atoms with Gasteiger partial charge in [-0.15, -0.1) is 0 Å². The number of aromatic nitrogens is 3. The lowest BCUT2D eigenvalue weighted by molar-refractivity contribution is 1.18. The number of fused-ring (bicyclic) bond motifs is 5. The molecule has 0 aliphatic heterocycles. The van der Waals surface area contributed by atoms with Crippen molar-refractivity contribution in [3.05, 3.63) is 224 Å². The van der Waals surface area contributed by atoms with Crippen LogP contribution in [0.1, 0.15) is 0 Å². The first-order valence-corrected chi connectivity index (χ1v) is 20.3. The summed E-state index contributed by atoms with van der Waals surface area (Å²) < 4.78 is 0. The van der Waals surface area contributed by atoms with Crippen molar-refractivity contribution in [3.8, 4) is 78.5 Å². The average molecular weight is 764 g/mol. The summed E-state index contributed by atoms with van der Waals surface area (Å²) >= 11 is 0. The van der Waals surface area contributed by atoms with Gasteiger partial charge in [-0.25, -0.2) is 15.0 Å². The summed E-state index contributed by atoms with van der Waals surface area (Å²) in [4.78, 5) is 15.8. The van der Waals surface area contributed by atoms with Gasteiger partial charge >= 0.3 is 0 Å². The molecule has 3 nitrogen and oxygen atoms in total. The lowest BCUT2D eigenvalue weighted by Gasteiger charge is -2.13. The molecule has 0 aliphatic carbocycles. The fraction of sp³-hybridized carbons (Fsp3) is 0. The van der Waals surface area contributed by atoms with E-state index < -0.39 is 0 Å². The lowest BCUT2D eigenvalue weighted by atomic mass is 9.94. The monoisotopic (exact) mass is 763 g/mol. The van der Waals surface area contributed by atoms with Crippen LogP contribution in [-0.2, 0) is 0 Å². The summed E-state index contributed by atoms with van der Waals surface area (Å²) in [5, 5.41) is 6.03. The predicted octanol–water partition coefficient (Wildman–Crippen LogP) is 15.0. The molecular weight excluding hydrogens is 727 g/mol. The Morgan fingerprint density at radius 1 is 0.250 bits per heavy atom. The predicted molar refractivity (Wildman–Crippen MR) is 250 cm³/mol. The van der Waals surface area contributed by atoms with E-state index in [1.54, 1.807) is 0 Å². The van der Waals surface area contributed by atoms with Crippen LogP contribution in [0.2, 0.25) is 0 Å². The van der Waals surface area contributed by atoms with Crippen LogP contribution in [0.15, 0.2) is 224 Å². The molecule has 2 heterocycles. The van der Waals surface area contributed by atoms with Crippen molar-refractivity contribution in [2.45, 2.75) is 0 Å². The zero-order chi connectivity index (χ0) is 39.8. The Hall–Kier alpha value is -8.01. The molecule has 0 saturated heterocycles. The van der Waals surface area contributed by atoms with Gasteiger partial charge in [-0.2, -0.15) is 0 Å². The second-order valence-corrected chi connectivity index (χ2v) is 15.2. The second-order valence-electron chi connectivity index (χ2n) is 15.2. The molecule has 2 aromatic heterocycles. The van der Waals surface area contributed by atoms with E-state index in [4.69, 9.17) is 15.0 Å². The van der Waals surface area contributed by atoms with Crippen molar-refractivity contribution in [2.24, 2.45) is 0 Å². The molecule has 280 valence electrons. The Morgan fingerprint density at radius 3 is 1.35 bits per heavy atom. The highest BCUT2D eigenvalue weighted by atomic mass is 14.9. The molecule has 60 heavy (non-hydrogen) atoms. The topological polar surface area (TPSA) is 38.7 Å². The Kier molecular flexibility index (Phi) is 8.83. The molecule has 11 rings (SSSR count). The highest BCUT2D eigenvalue weighted by Crippen LogP contribution is 2.38. The third-order valence-electron chi connectivity index (χ3n) is 11.5. The molecule has 11 aromatic rings. The maximum absolute atomic E-state index is 5.26. The zero-order valence-electron chi connectivity index (χ0n) is 32.7. The van der Waals surface area contributed by atoms with E-state index in [0.717, 1.165) is 72.5 Å². The van der Waals surface area contributed by atoms with Crippen molar-refractivity contribution < 1.29 is 0 Å². The molecule has 0 spiro atoms. The van der Waals surface area contributed by atoms with Crippen molar-refractivity contribution in [1.29, 1.82) is 0 Å². The van der Waals surface area contributed by atoms with E-state index >= 15 is 0 Å². The average Bonchev–Trinajstić information content (AvgIpc) is 3.34. The fourth-order valence-electron chi connectivity index (χ4n) is 8.45. The van der Waals surface area contributed by atoms with Crippen LogP contribution in [0.4, 0.5) is 0 Å². The van der Waals surface area contributed by atoms with Gasteiger partial charge in [0.25, 0.3) is 0 Å². The zero-order valence-corrected chi connectivity index (χ0v) is 32.7. The number of nitrogens with zero attached hydrogens (tertiary/aromatic N) is 3. The lowest BCUT2D eigenvalue weighted by Crippen LogP contribution is -1.96. The molecule has 0 fully saturated rings. The number of hydrogen-bond donors (Lipinski definition) is 0. The normalized spacial score (nSPS) is 11.3. The summed E-state index contributed by atoms with van der Waals surface area (Å²) in [6.07, 6.45) is 0. The molecule has 0 amide bonds. The Balaban J connectivity index is 1.000. The molecule has 0 radical (unpaired) electrons. The maximum atomic E-state index is 5.26. The van der Waals surface area contributed by atoms with Gasteiger partial charge in [0.2, 0.25) is 0 Å². The van der Waals surface area contributed by atoms with Gasteiger partial charge in [0.05, 0.1) is 22.6 Å². The van der Waals surface area contributed by atoms with Crippen LogP contribution in [-0.4, -0.2) is 15.0 Å². The van der Waals surface area contributed by atoms with Crippen LogP contribution in [0, 0.1) is 0 Å². The molecule has 0 atom stereocenters. The Labute approximate surface area is 349 Å². The first-order valence-electron chi connectivity index (χ1n) is 20.3. The summed E-state index contributed by atoms with van der Waals surface area (Å²) in [6.45, 7) is 0. The van der Waals surface area contributed by atoms with Gasteiger partial charge in [0.1, 0.15) is 0 Å². The van der Waals surface area contributed by atoms with Gasteiger partial charge in [-0.1, -0.05) is 194 Å². The number of rotatable bonds is 7. The molecule has 0 bridgehead atoms. The van der Waals surface area contributed by atoms with Crippen LogP contribution in [0.5, 0.6) is 0 Å². The summed E-state index contributed by atoms with van der Waals surface area (Å²) in [5.41, 5.74) is 14.7. The van der Waals surface area contributed by atoms with Crippen molar-refractivity contribution in [1.82, 2.24) is 15.0 Å². The minimum absolute atomic E-state index is 0.676. The van der Waals surface area contributed by atoms with Gasteiger partial charge < -0.3 is 0 Å². The van der Waals surface area contributed by atoms with E-state index in [-0.39, 0.29) is 0 Å². The molecule has 9 aromatic carbocycles. The molecule has 0 aliphatic rings. The van der Waals surface area contributed by atoms with E-state index in [1.807, 2.05) is 12.1 Å². The Morgan fingerprint density at radius 2 is 0.717 bits per heavy atom. The van der Waals surface area contributed by atoms with Crippen molar-refractivity contribution in [3.63, 3.8) is 0 Å². The van der Waals surface area contributed by atoms with E-state index in [0.29, 0.717) is 5.82 Å². The summed E-state index contributed by atoms with van der Waals surface area (Å²) in [7, 11) is 0. The fourth-order valence-corrected chi connectivity index (χ4v) is 8.45. The van der Waals surface area contributed by atoms with Gasteiger partial charge in [0.15, 0.2) is 5.82 Å². The second kappa shape index (κ2) is 15.1. The minimum Gasteiger partial charge on any atom is -0.247 e. The molecule has 0 saturated carbocycles. The SMILES string of the molecule is c1ccc(-c2cccc(-c3cc(-c4cccc(-c5ccccc5)c4)nc(-c4cccc(-c5ccc(-c6nc7ccccc7c7c6ccc6ccccc67)cc5)c4)n3)c2)cc1. The maximum Gasteiger partial charge on any atom is 0.160 e. The standard InChI is InChI=1S/C57H37N3/c1-3-14-38(15-4-1)43-19-11-22-46(34-43)53-37-54(47-23-12-20-44(35-47)39-16-5-2-6-17-39)60-57(59-53)48-24-13-21-45(36-48)40-28-30-42(31-29-40)56-51-33-32-41-18-7-8-25-49(41)55(51)50-26-9-10-27-52(50)58-56/h1-37H. The van der Waals surface area contributed by atoms with Crippen LogP contribution < -0.4 is 0 Å². The summed E-state index contributed by atoms with van der Waals surface area (Å²) in [6, 6.07) is 79.2. The number of para-hydroxylation sites is 1. The van der Waals surface area contributed by atoms with Crippen LogP contribution >= 0.6 is 0 Å². The molecule has 0 unspecified atom stereocenters. The quantitative estimate of drug-likeness (QED) is 0.152. The van der Waals surface area contributed by atoms with Crippen molar-refractivity contribution >= 4 is 32.4 Å². The Bertz CT molecular complexity index is 3240. The van der Waals surface area contributed by atoms with E-state index in [1.165, 1.54) is 32.7 Å². The number of pyridine rings is 1. The third kappa shape index (κ3) is 6.58. The first-order chi connectivity index (χ1) is 29.7. The molecular formula is C57H37N3. The van der Waals surface area contributed by atoms with Gasteiger partial charge in [0, 0.05) is 38.4 Å². The third-order valence-corrected chi connectivity index (χ3v) is 11.5. The van der Waals surface area contributed by atoms with Crippen LogP contribution in [0.3, 0.4) is 0 Å². The van der Waals surface area contributed by atoms with Gasteiger partial charge in [-0.3, -0.25) is 0 Å². The van der Waals surface area contributed by atoms with Gasteiger partial charge in [-0.05, 0) is 74.5 Å². The molecule has 0 N–H and O–H groups in total. The summed E-state index contributed by atoms with van der Waals surface area (Å²) in [5.74, 6) is 0.676. The minimum atomic E-state index is 0.676. The highest BCUT2D eigenvalue weighted by Gasteiger charge is 2.16. The number of hydrogen-bond acceptors (Lipinski definition) is 3. The first kappa shape index (κ1) is 35.2. The smallest absolute Gasteiger partial charge is 0.160 e. The van der Waals surface area contributed by atoms with Crippen molar-refractivity contribution in [2.75, 3.05) is 0 Å². The molecule has 3 heteroatoms. The highest BCUT2D eigenvalue weighted by molar-refractivity contribution is 6.22. The largest absolute Gasteiger partial charge is 0.247 e.